The molecule has 2 aliphatic heterocycles. The number of hydroxylamine groups is 1. The highest BCUT2D eigenvalue weighted by Crippen LogP contribution is 2.40. The summed E-state index contributed by atoms with van der Waals surface area (Å²) in [5.41, 5.74) is 12.4. The number of amides is 3. The Balaban J connectivity index is 0.911. The van der Waals surface area contributed by atoms with E-state index in [9.17, 15) is 14.4 Å². The number of hydrogen-bond acceptors (Lipinski definition) is 8. The number of likely N-dealkylation sites (tertiary alicyclic amines) is 2. The summed E-state index contributed by atoms with van der Waals surface area (Å²) in [5.74, 6) is 1.52. The fourth-order valence-electron chi connectivity index (χ4n) is 9.40. The molecule has 6 aromatic rings. The van der Waals surface area contributed by atoms with Crippen molar-refractivity contribution in [3.05, 3.63) is 120 Å². The zero-order valence-corrected chi connectivity index (χ0v) is 35.0. The molecular weight excluding hydrogens is 769 g/mol. The van der Waals surface area contributed by atoms with E-state index < -0.39 is 18.2 Å². The Labute approximate surface area is 355 Å². The zero-order valence-electron chi connectivity index (χ0n) is 35.0. The molecule has 3 amide bonds. The van der Waals surface area contributed by atoms with E-state index in [4.69, 9.17) is 19.5 Å². The smallest absolute Gasteiger partial charge is 0.407 e. The van der Waals surface area contributed by atoms with Crippen molar-refractivity contribution in [2.75, 3.05) is 27.3 Å². The molecule has 13 nitrogen and oxygen atoms in total. The Hall–Kier alpha value is -6.31. The maximum Gasteiger partial charge on any atom is 0.407 e. The summed E-state index contributed by atoms with van der Waals surface area (Å²) >= 11 is 0. The normalized spacial score (nSPS) is 18.2. The Kier molecular flexibility index (Phi) is 11.2. The van der Waals surface area contributed by atoms with Gasteiger partial charge < -0.3 is 34.7 Å². The van der Waals surface area contributed by atoms with Crippen LogP contribution in [-0.2, 0) is 32.0 Å². The summed E-state index contributed by atoms with van der Waals surface area (Å²) in [6.07, 6.45) is 6.32. The summed E-state index contributed by atoms with van der Waals surface area (Å²) in [5, 5.41) is 4.97. The molecule has 13 heteroatoms. The summed E-state index contributed by atoms with van der Waals surface area (Å²) in [6.45, 7) is 5.32. The third kappa shape index (κ3) is 7.79. The van der Waals surface area contributed by atoms with Crippen LogP contribution in [0.3, 0.4) is 0 Å². The number of aromatic amines is 2. The van der Waals surface area contributed by atoms with Gasteiger partial charge in [0.25, 0.3) is 5.91 Å². The summed E-state index contributed by atoms with van der Waals surface area (Å²) < 4.78 is 4.85. The van der Waals surface area contributed by atoms with Crippen LogP contribution in [0, 0.1) is 5.92 Å². The highest BCUT2D eigenvalue weighted by atomic mass is 16.6. The molecule has 2 fully saturated rings. The van der Waals surface area contributed by atoms with Crippen LogP contribution in [0.25, 0.3) is 44.4 Å². The molecule has 61 heavy (non-hydrogen) atoms. The first kappa shape index (κ1) is 40.1. The zero-order chi connectivity index (χ0) is 42.2. The number of hydrogen-bond donors (Lipinski definition) is 4. The van der Waals surface area contributed by atoms with E-state index in [0.29, 0.717) is 18.7 Å². The van der Waals surface area contributed by atoms with Gasteiger partial charge in [0.05, 0.1) is 49.6 Å². The lowest BCUT2D eigenvalue weighted by atomic mass is 9.89. The van der Waals surface area contributed by atoms with E-state index in [2.05, 4.69) is 75.4 Å². The first-order chi connectivity index (χ1) is 29.7. The second-order valence-electron chi connectivity index (χ2n) is 16.7. The Morgan fingerprint density at radius 3 is 2.16 bits per heavy atom. The van der Waals surface area contributed by atoms with Gasteiger partial charge >= 0.3 is 6.09 Å². The maximum atomic E-state index is 14.0. The first-order valence-corrected chi connectivity index (χ1v) is 21.3. The molecule has 4 heterocycles. The third-order valence-electron chi connectivity index (χ3n) is 12.6. The minimum atomic E-state index is -0.872. The van der Waals surface area contributed by atoms with Crippen LogP contribution in [0.15, 0.2) is 91.1 Å². The average Bonchev–Trinajstić information content (AvgIpc) is 4.13. The number of nitrogens with zero attached hydrogens (tertiary/aromatic N) is 4. The lowest BCUT2D eigenvalue weighted by Crippen LogP contribution is -2.48. The van der Waals surface area contributed by atoms with Crippen molar-refractivity contribution in [1.82, 2.24) is 40.5 Å². The van der Waals surface area contributed by atoms with Crippen LogP contribution in [0.4, 0.5) is 4.79 Å². The Bertz CT molecular complexity index is 2580. The second-order valence-corrected chi connectivity index (χ2v) is 16.7. The SMILES string of the molecule is CON[C@H](C(=O)N1CCC[C@H]1c1nc2c([nH]1)-c1ccc(-c3ccc4cc(-c5cnc([C@@H]6CCCN6C(=O)[C@H](NC(=O)OC)c6ccccc6)[nH]5)ccc4c3)cc1CC2)C(C)C. The van der Waals surface area contributed by atoms with Crippen LogP contribution in [0.5, 0.6) is 0 Å². The maximum absolute atomic E-state index is 14.0. The number of aryl methyl sites for hydroxylation is 2. The Morgan fingerprint density at radius 2 is 1.44 bits per heavy atom. The molecule has 9 rings (SSSR count). The van der Waals surface area contributed by atoms with Crippen molar-refractivity contribution in [2.24, 2.45) is 5.92 Å². The molecule has 0 saturated carbocycles. The molecule has 0 bridgehead atoms. The van der Waals surface area contributed by atoms with E-state index in [1.807, 2.05) is 60.2 Å². The number of carbonyl (C=O) groups is 3. The quantitative estimate of drug-likeness (QED) is 0.0959. The van der Waals surface area contributed by atoms with Crippen molar-refractivity contribution in [3.63, 3.8) is 0 Å². The van der Waals surface area contributed by atoms with Crippen molar-refractivity contribution in [1.29, 1.82) is 0 Å². The molecule has 0 spiro atoms. The van der Waals surface area contributed by atoms with Gasteiger partial charge in [-0.3, -0.25) is 9.59 Å². The molecule has 314 valence electrons. The number of ether oxygens (including phenoxy) is 1. The largest absolute Gasteiger partial charge is 0.453 e. The average molecular weight is 821 g/mol. The Morgan fingerprint density at radius 1 is 0.770 bits per heavy atom. The van der Waals surface area contributed by atoms with Gasteiger partial charge in [-0.05, 0) is 89.6 Å². The predicted octanol–water partition coefficient (Wildman–Crippen LogP) is 7.99. The minimum Gasteiger partial charge on any atom is -0.453 e. The molecule has 4 N–H and O–H groups in total. The van der Waals surface area contributed by atoms with E-state index in [0.717, 1.165) is 94.7 Å². The van der Waals surface area contributed by atoms with E-state index in [1.54, 1.807) is 7.11 Å². The molecule has 0 unspecified atom stereocenters. The lowest BCUT2D eigenvalue weighted by molar-refractivity contribution is -0.140. The molecular formula is C48H52N8O5. The number of imidazole rings is 2. The predicted molar refractivity (Wildman–Crippen MR) is 233 cm³/mol. The van der Waals surface area contributed by atoms with Gasteiger partial charge in [0, 0.05) is 24.2 Å². The molecule has 2 saturated heterocycles. The molecule has 0 radical (unpaired) electrons. The van der Waals surface area contributed by atoms with Gasteiger partial charge in [0.1, 0.15) is 23.7 Å². The highest BCUT2D eigenvalue weighted by Gasteiger charge is 2.39. The molecule has 2 aromatic heterocycles. The van der Waals surface area contributed by atoms with E-state index in [1.165, 1.54) is 18.2 Å². The van der Waals surface area contributed by atoms with E-state index in [-0.39, 0.29) is 29.8 Å². The number of fused-ring (bicyclic) bond motifs is 4. The van der Waals surface area contributed by atoms with Crippen molar-refractivity contribution in [3.8, 4) is 33.6 Å². The van der Waals surface area contributed by atoms with Gasteiger partial charge in [-0.2, -0.15) is 5.48 Å². The van der Waals surface area contributed by atoms with Gasteiger partial charge in [0.15, 0.2) is 0 Å². The number of alkyl carbamates (subject to hydrolysis) is 1. The van der Waals surface area contributed by atoms with Crippen LogP contribution in [0.2, 0.25) is 0 Å². The highest BCUT2D eigenvalue weighted by molar-refractivity contribution is 5.91. The lowest BCUT2D eigenvalue weighted by Gasteiger charge is -2.29. The van der Waals surface area contributed by atoms with Gasteiger partial charge in [-0.25, -0.2) is 14.8 Å². The first-order valence-electron chi connectivity index (χ1n) is 21.3. The molecule has 3 aliphatic rings. The number of carbonyl (C=O) groups excluding carboxylic acids is 3. The van der Waals surface area contributed by atoms with Crippen LogP contribution >= 0.6 is 0 Å². The fraction of sp³-hybridized carbons (Fsp3) is 0.354. The number of rotatable bonds is 11. The van der Waals surface area contributed by atoms with Crippen LogP contribution in [0.1, 0.15) is 86.1 Å². The van der Waals surface area contributed by atoms with Crippen molar-refractivity contribution in [2.45, 2.75) is 76.5 Å². The van der Waals surface area contributed by atoms with Crippen molar-refractivity contribution >= 4 is 28.7 Å². The molecule has 4 atom stereocenters. The third-order valence-corrected chi connectivity index (χ3v) is 12.6. The van der Waals surface area contributed by atoms with Gasteiger partial charge in [0.2, 0.25) is 5.91 Å². The summed E-state index contributed by atoms with van der Waals surface area (Å²) in [4.78, 5) is 65.8. The monoisotopic (exact) mass is 820 g/mol. The number of benzene rings is 4. The van der Waals surface area contributed by atoms with Gasteiger partial charge in [-0.1, -0.05) is 86.6 Å². The number of aromatic nitrogens is 4. The topological polar surface area (TPSA) is 158 Å². The molecule has 4 aromatic carbocycles. The molecule has 1 aliphatic carbocycles. The minimum absolute atomic E-state index is 0.0486. The number of nitrogens with one attached hydrogen (secondary N) is 4. The van der Waals surface area contributed by atoms with Crippen LogP contribution in [-0.4, -0.2) is 81.0 Å². The fourth-order valence-corrected chi connectivity index (χ4v) is 9.40. The number of methoxy groups -OCH3 is 1. The number of H-pyrrole nitrogens is 2. The van der Waals surface area contributed by atoms with Crippen LogP contribution < -0.4 is 10.8 Å². The van der Waals surface area contributed by atoms with Gasteiger partial charge in [-0.15, -0.1) is 0 Å². The second kappa shape index (κ2) is 17.0. The van der Waals surface area contributed by atoms with E-state index >= 15 is 0 Å². The summed E-state index contributed by atoms with van der Waals surface area (Å²) in [7, 11) is 2.84. The summed E-state index contributed by atoms with van der Waals surface area (Å²) in [6, 6.07) is 27.3. The standard InChI is InChI=1S/C48H52N8O5/c1-28(2)41(54-61-4)46(57)56-23-9-13-40(56)45-50-37-21-19-34-25-33(18-20-36(34)43(37)52-45)30-14-15-32-26-35(17-16-31(32)24-30)38-27-49-44(51-38)39-12-8-22-55(39)47(58)42(53-48(59)60-3)29-10-6-5-7-11-29/h5-7,10-11,14-18,20,24-28,39-42,54H,8-9,12-13,19,21-23H2,1-4H3,(H,49,51)(H,50,52)(H,53,59)/t39-,40-,41-,42+/m0/s1. The van der Waals surface area contributed by atoms with Crippen molar-refractivity contribution < 1.29 is 24.0 Å².